The van der Waals surface area contributed by atoms with Crippen LogP contribution in [0.3, 0.4) is 0 Å². The van der Waals surface area contributed by atoms with Gasteiger partial charge in [-0.25, -0.2) is 0 Å². The number of thiazole rings is 1. The molecule has 4 nitrogen and oxygen atoms in total. The SMILES string of the molecule is CCCCCCCCCCCCCCCCOc1ccc(NC(=O)c2ccc(C[n+]3ccsc3)cc2)cc1C(C)(C)C.[Br-]. The summed E-state index contributed by atoms with van der Waals surface area (Å²) in [5.74, 6) is 0.825. The van der Waals surface area contributed by atoms with Gasteiger partial charge in [0.25, 0.3) is 5.91 Å². The number of rotatable bonds is 20. The van der Waals surface area contributed by atoms with Gasteiger partial charge in [0.2, 0.25) is 5.51 Å². The number of halogens is 1. The van der Waals surface area contributed by atoms with E-state index in [2.05, 4.69) is 60.7 Å². The van der Waals surface area contributed by atoms with Gasteiger partial charge in [-0.3, -0.25) is 4.79 Å². The van der Waals surface area contributed by atoms with E-state index < -0.39 is 0 Å². The van der Waals surface area contributed by atoms with Crippen LogP contribution in [0.4, 0.5) is 5.69 Å². The van der Waals surface area contributed by atoms with E-state index in [0.717, 1.165) is 36.6 Å². The van der Waals surface area contributed by atoms with Crippen LogP contribution in [0.15, 0.2) is 59.6 Å². The van der Waals surface area contributed by atoms with Gasteiger partial charge in [-0.2, -0.15) is 4.57 Å². The van der Waals surface area contributed by atoms with E-state index in [1.165, 1.54) is 89.0 Å². The van der Waals surface area contributed by atoms with Crippen molar-refractivity contribution in [2.45, 2.75) is 130 Å². The van der Waals surface area contributed by atoms with Gasteiger partial charge in [0.05, 0.1) is 12.0 Å². The number of benzene rings is 2. The Bertz CT molecular complexity index is 1160. The molecule has 0 fully saturated rings. The first-order valence-electron chi connectivity index (χ1n) is 16.5. The lowest BCUT2D eigenvalue weighted by molar-refractivity contribution is -0.683. The predicted molar refractivity (Wildman–Crippen MR) is 179 cm³/mol. The summed E-state index contributed by atoms with van der Waals surface area (Å²) in [5.41, 5.74) is 5.74. The molecular formula is C37H55BrN2O2S. The monoisotopic (exact) mass is 670 g/mol. The highest BCUT2D eigenvalue weighted by atomic mass is 79.9. The van der Waals surface area contributed by atoms with Crippen LogP contribution >= 0.6 is 11.3 Å². The number of carbonyl (C=O) groups excluding carboxylic acids is 1. The van der Waals surface area contributed by atoms with Crippen LogP contribution in [0.1, 0.15) is 139 Å². The molecule has 0 radical (unpaired) electrons. The van der Waals surface area contributed by atoms with Crippen LogP contribution < -0.4 is 31.6 Å². The molecule has 0 bridgehead atoms. The van der Waals surface area contributed by atoms with Crippen LogP contribution in [-0.2, 0) is 12.0 Å². The molecule has 238 valence electrons. The van der Waals surface area contributed by atoms with E-state index in [0.29, 0.717) is 5.56 Å². The summed E-state index contributed by atoms with van der Waals surface area (Å²) in [6.45, 7) is 10.4. The molecule has 3 rings (SSSR count). The van der Waals surface area contributed by atoms with Crippen molar-refractivity contribution in [1.82, 2.24) is 0 Å². The molecule has 0 spiro atoms. The highest BCUT2D eigenvalue weighted by Crippen LogP contribution is 2.34. The highest BCUT2D eigenvalue weighted by Gasteiger charge is 2.20. The maximum absolute atomic E-state index is 13.0. The number of anilines is 1. The van der Waals surface area contributed by atoms with Gasteiger partial charge >= 0.3 is 0 Å². The first-order valence-corrected chi connectivity index (χ1v) is 17.4. The summed E-state index contributed by atoms with van der Waals surface area (Å²) in [7, 11) is 0. The van der Waals surface area contributed by atoms with Gasteiger partial charge in [-0.1, -0.05) is 135 Å². The summed E-state index contributed by atoms with van der Waals surface area (Å²) in [6, 6.07) is 13.9. The fourth-order valence-corrected chi connectivity index (χ4v) is 5.92. The number of nitrogens with one attached hydrogen (secondary N) is 1. The van der Waals surface area contributed by atoms with Crippen molar-refractivity contribution in [2.75, 3.05) is 11.9 Å². The second-order valence-electron chi connectivity index (χ2n) is 12.8. The molecule has 1 heterocycles. The molecule has 1 N–H and O–H groups in total. The molecule has 2 aromatic carbocycles. The summed E-state index contributed by atoms with van der Waals surface area (Å²) in [4.78, 5) is 13.0. The van der Waals surface area contributed by atoms with E-state index in [9.17, 15) is 4.79 Å². The highest BCUT2D eigenvalue weighted by molar-refractivity contribution is 7.07. The third-order valence-electron chi connectivity index (χ3n) is 7.91. The molecule has 0 aliphatic rings. The van der Waals surface area contributed by atoms with Gasteiger partial charge in [-0.05, 0) is 42.2 Å². The van der Waals surface area contributed by atoms with E-state index in [-0.39, 0.29) is 28.3 Å². The van der Waals surface area contributed by atoms with E-state index >= 15 is 0 Å². The Morgan fingerprint density at radius 3 is 1.93 bits per heavy atom. The third kappa shape index (κ3) is 14.4. The fourth-order valence-electron chi connectivity index (χ4n) is 5.33. The number of amides is 1. The van der Waals surface area contributed by atoms with Crippen LogP contribution in [0.5, 0.6) is 5.75 Å². The number of ether oxygens (including phenoxy) is 1. The number of aromatic nitrogens is 1. The Hall–Kier alpha value is -2.18. The normalized spacial score (nSPS) is 11.3. The van der Waals surface area contributed by atoms with Crippen molar-refractivity contribution in [3.8, 4) is 5.75 Å². The summed E-state index contributed by atoms with van der Waals surface area (Å²) in [6.07, 6.45) is 21.0. The molecule has 0 aliphatic carbocycles. The minimum Gasteiger partial charge on any atom is -1.00 e. The van der Waals surface area contributed by atoms with Crippen LogP contribution in [0.2, 0.25) is 0 Å². The zero-order chi connectivity index (χ0) is 30.0. The van der Waals surface area contributed by atoms with Gasteiger partial charge in [0.15, 0.2) is 12.7 Å². The number of hydrogen-bond acceptors (Lipinski definition) is 3. The number of nitrogens with zero attached hydrogens (tertiary/aromatic N) is 1. The second kappa shape index (κ2) is 20.7. The predicted octanol–water partition coefficient (Wildman–Crippen LogP) is 7.50. The Morgan fingerprint density at radius 1 is 0.814 bits per heavy atom. The molecule has 1 amide bonds. The second-order valence-corrected chi connectivity index (χ2v) is 13.5. The molecule has 1 aromatic heterocycles. The largest absolute Gasteiger partial charge is 1.00 e. The molecule has 0 saturated heterocycles. The van der Waals surface area contributed by atoms with Crippen LogP contribution in [0.25, 0.3) is 0 Å². The fraction of sp³-hybridized carbons (Fsp3) is 0.568. The first kappa shape index (κ1) is 37.0. The van der Waals surface area contributed by atoms with Crippen molar-refractivity contribution in [1.29, 1.82) is 0 Å². The molecule has 6 heteroatoms. The number of carbonyl (C=O) groups is 1. The maximum atomic E-state index is 13.0. The smallest absolute Gasteiger partial charge is 0.255 e. The van der Waals surface area contributed by atoms with E-state index in [1.807, 2.05) is 36.4 Å². The van der Waals surface area contributed by atoms with Crippen molar-refractivity contribution >= 4 is 22.9 Å². The van der Waals surface area contributed by atoms with Crippen LogP contribution in [0, 0.1) is 0 Å². The molecule has 0 aliphatic heterocycles. The minimum atomic E-state index is -0.0966. The lowest BCUT2D eigenvalue weighted by Crippen LogP contribution is -3.00. The van der Waals surface area contributed by atoms with E-state index in [1.54, 1.807) is 11.3 Å². The van der Waals surface area contributed by atoms with E-state index in [4.69, 9.17) is 4.74 Å². The summed E-state index contributed by atoms with van der Waals surface area (Å²) < 4.78 is 8.39. The summed E-state index contributed by atoms with van der Waals surface area (Å²) in [5, 5.41) is 5.15. The third-order valence-corrected chi connectivity index (χ3v) is 8.58. The van der Waals surface area contributed by atoms with Gasteiger partial charge in [-0.15, -0.1) is 0 Å². The number of hydrogen-bond donors (Lipinski definition) is 1. The molecule has 0 saturated carbocycles. The van der Waals surface area contributed by atoms with Gasteiger partial charge in [0.1, 0.15) is 5.75 Å². The van der Waals surface area contributed by atoms with Crippen molar-refractivity contribution in [3.05, 3.63) is 76.2 Å². The minimum absolute atomic E-state index is 0. The standard InChI is InChI=1S/C37H54N2O2S.BrH/c1-5-6-7-8-9-10-11-12-13-14-15-16-17-18-26-41-35-24-23-33(28-34(35)37(2,3)4)38-36(40)32-21-19-31(20-22-32)29-39-25-27-42-30-39;/h19-25,27-28,30H,5-18,26,29H2,1-4H3;1H. The molecule has 0 atom stereocenters. The van der Waals surface area contributed by atoms with Gasteiger partial charge < -0.3 is 27.0 Å². The molecule has 0 unspecified atom stereocenters. The average Bonchev–Trinajstić information content (AvgIpc) is 3.48. The Kier molecular flexibility index (Phi) is 17.8. The lowest BCUT2D eigenvalue weighted by Gasteiger charge is -2.24. The maximum Gasteiger partial charge on any atom is 0.255 e. The Labute approximate surface area is 276 Å². The Balaban J connectivity index is 0.00000645. The molecule has 3 aromatic rings. The lowest BCUT2D eigenvalue weighted by atomic mass is 9.86. The van der Waals surface area contributed by atoms with Crippen molar-refractivity contribution < 1.29 is 31.1 Å². The molecular weight excluding hydrogens is 616 g/mol. The number of unbranched alkanes of at least 4 members (excludes halogenated alkanes) is 13. The zero-order valence-corrected chi connectivity index (χ0v) is 29.5. The first-order chi connectivity index (χ1) is 20.4. The van der Waals surface area contributed by atoms with Crippen LogP contribution in [-0.4, -0.2) is 12.5 Å². The van der Waals surface area contributed by atoms with Crippen molar-refractivity contribution in [3.63, 3.8) is 0 Å². The Morgan fingerprint density at radius 2 is 1.40 bits per heavy atom. The molecule has 43 heavy (non-hydrogen) atoms. The quantitative estimate of drug-likeness (QED) is 0.0999. The average molecular weight is 672 g/mol. The summed E-state index contributed by atoms with van der Waals surface area (Å²) >= 11 is 1.67. The topological polar surface area (TPSA) is 42.2 Å². The zero-order valence-electron chi connectivity index (χ0n) is 27.1. The van der Waals surface area contributed by atoms with Crippen molar-refractivity contribution in [2.24, 2.45) is 0 Å². The van der Waals surface area contributed by atoms with Gasteiger partial charge in [0, 0.05) is 22.4 Å².